The first-order chi connectivity index (χ1) is 8.72. The summed E-state index contributed by atoms with van der Waals surface area (Å²) in [5, 5.41) is 0. The number of hydrogen-bond acceptors (Lipinski definition) is 2. The van der Waals surface area contributed by atoms with Gasteiger partial charge in [-0.2, -0.15) is 0 Å². The lowest BCUT2D eigenvalue weighted by molar-refractivity contribution is -0.129. The van der Waals surface area contributed by atoms with Gasteiger partial charge in [-0.25, -0.2) is 0 Å². The molecule has 2 heterocycles. The third-order valence-electron chi connectivity index (χ3n) is 3.74. The summed E-state index contributed by atoms with van der Waals surface area (Å²) in [4.78, 5) is 16.5. The van der Waals surface area contributed by atoms with Gasteiger partial charge in [-0.3, -0.25) is 9.69 Å². The molecule has 0 saturated heterocycles. The Morgan fingerprint density at radius 2 is 1.67 bits per heavy atom. The second kappa shape index (κ2) is 4.58. The maximum Gasteiger partial charge on any atom is 0.227 e. The number of nitrogens with zero attached hydrogens (tertiary/aromatic N) is 2. The molecule has 0 aromatic heterocycles. The molecular formula is C15H18N2O. The molecule has 0 atom stereocenters. The molecule has 18 heavy (non-hydrogen) atoms. The quantitative estimate of drug-likeness (QED) is 0.730. The minimum absolute atomic E-state index is 0.248. The first-order valence-corrected chi connectivity index (χ1v) is 6.42. The van der Waals surface area contributed by atoms with Crippen LogP contribution in [0, 0.1) is 0 Å². The minimum Gasteiger partial charge on any atom is -0.334 e. The minimum atomic E-state index is 0.248. The van der Waals surface area contributed by atoms with Crippen molar-refractivity contribution >= 4 is 5.91 Å². The average molecular weight is 242 g/mol. The number of rotatable bonds is 2. The molecule has 1 aromatic rings. The summed E-state index contributed by atoms with van der Waals surface area (Å²) >= 11 is 0. The number of likely N-dealkylation sites (N-methyl/N-ethyl adjacent to an activating group) is 1. The zero-order valence-corrected chi connectivity index (χ0v) is 10.7. The second-order valence-electron chi connectivity index (χ2n) is 5.29. The highest BCUT2D eigenvalue weighted by Crippen LogP contribution is 2.24. The van der Waals surface area contributed by atoms with E-state index in [1.54, 1.807) is 0 Å². The molecule has 0 radical (unpaired) electrons. The molecule has 0 fully saturated rings. The third-order valence-corrected chi connectivity index (χ3v) is 3.74. The van der Waals surface area contributed by atoms with Gasteiger partial charge in [-0.05, 0) is 23.8 Å². The zero-order chi connectivity index (χ0) is 12.5. The Morgan fingerprint density at radius 3 is 2.28 bits per heavy atom. The average Bonchev–Trinajstić information content (AvgIpc) is 2.87. The van der Waals surface area contributed by atoms with E-state index in [-0.39, 0.29) is 5.91 Å². The largest absolute Gasteiger partial charge is 0.334 e. The molecule has 0 saturated carbocycles. The fourth-order valence-corrected chi connectivity index (χ4v) is 2.83. The summed E-state index contributed by atoms with van der Waals surface area (Å²) < 4.78 is 0. The molecule has 3 heteroatoms. The van der Waals surface area contributed by atoms with Crippen molar-refractivity contribution in [3.8, 4) is 0 Å². The number of carbonyl (C=O) groups is 1. The maximum atomic E-state index is 12.2. The van der Waals surface area contributed by atoms with E-state index in [0.29, 0.717) is 6.42 Å². The van der Waals surface area contributed by atoms with Crippen LogP contribution in [0.5, 0.6) is 0 Å². The summed E-state index contributed by atoms with van der Waals surface area (Å²) in [5.74, 6) is 0.248. The molecule has 94 valence electrons. The van der Waals surface area contributed by atoms with Crippen molar-refractivity contribution in [2.75, 3.05) is 33.2 Å². The lowest BCUT2D eigenvalue weighted by Gasteiger charge is -2.20. The standard InChI is InChI=1S/C15H18N2O/c1-16-8-13-10-17(11-14(13)9-16)15(18)7-12-5-3-2-4-6-12/h2-6H,7-11H2,1H3. The topological polar surface area (TPSA) is 23.6 Å². The summed E-state index contributed by atoms with van der Waals surface area (Å²) in [6.07, 6.45) is 0.525. The van der Waals surface area contributed by atoms with E-state index in [4.69, 9.17) is 0 Å². The first kappa shape index (κ1) is 11.5. The number of amides is 1. The van der Waals surface area contributed by atoms with E-state index in [2.05, 4.69) is 11.9 Å². The zero-order valence-electron chi connectivity index (χ0n) is 10.7. The van der Waals surface area contributed by atoms with E-state index >= 15 is 0 Å². The first-order valence-electron chi connectivity index (χ1n) is 6.42. The molecular weight excluding hydrogens is 224 g/mol. The SMILES string of the molecule is CN1CC2=C(C1)CN(C(=O)Cc1ccccc1)C2. The third kappa shape index (κ3) is 2.18. The molecule has 0 N–H and O–H groups in total. The van der Waals surface area contributed by atoms with Crippen molar-refractivity contribution in [2.24, 2.45) is 0 Å². The van der Waals surface area contributed by atoms with Crippen LogP contribution < -0.4 is 0 Å². The lowest BCUT2D eigenvalue weighted by atomic mass is 10.1. The maximum absolute atomic E-state index is 12.2. The molecule has 1 aromatic carbocycles. The summed E-state index contributed by atoms with van der Waals surface area (Å²) in [6.45, 7) is 3.74. The molecule has 0 unspecified atom stereocenters. The van der Waals surface area contributed by atoms with Crippen LogP contribution in [0.2, 0.25) is 0 Å². The highest BCUT2D eigenvalue weighted by molar-refractivity contribution is 5.80. The molecule has 3 nitrogen and oxygen atoms in total. The van der Waals surface area contributed by atoms with Gasteiger partial charge in [-0.15, -0.1) is 0 Å². The van der Waals surface area contributed by atoms with E-state index in [0.717, 1.165) is 31.7 Å². The second-order valence-corrected chi connectivity index (χ2v) is 5.29. The van der Waals surface area contributed by atoms with Crippen LogP contribution in [0.3, 0.4) is 0 Å². The molecule has 1 amide bonds. The van der Waals surface area contributed by atoms with Gasteiger partial charge in [0, 0.05) is 26.2 Å². The molecule has 3 rings (SSSR count). The summed E-state index contributed by atoms with van der Waals surface area (Å²) in [7, 11) is 2.13. The van der Waals surface area contributed by atoms with Gasteiger partial charge in [0.2, 0.25) is 5.91 Å². The lowest BCUT2D eigenvalue weighted by Crippen LogP contribution is -2.34. The molecule has 2 aliphatic rings. The van der Waals surface area contributed by atoms with Crippen LogP contribution in [0.25, 0.3) is 0 Å². The Morgan fingerprint density at radius 1 is 1.06 bits per heavy atom. The molecule has 0 aliphatic carbocycles. The Labute approximate surface area is 108 Å². The smallest absolute Gasteiger partial charge is 0.227 e. The van der Waals surface area contributed by atoms with Crippen molar-refractivity contribution in [3.63, 3.8) is 0 Å². The molecule has 2 aliphatic heterocycles. The molecule has 0 bridgehead atoms. The summed E-state index contributed by atoms with van der Waals surface area (Å²) in [6, 6.07) is 9.99. The highest BCUT2D eigenvalue weighted by atomic mass is 16.2. The normalized spacial score (nSPS) is 19.5. The van der Waals surface area contributed by atoms with Gasteiger partial charge in [0.1, 0.15) is 0 Å². The van der Waals surface area contributed by atoms with Crippen LogP contribution in [-0.2, 0) is 11.2 Å². The van der Waals surface area contributed by atoms with Crippen molar-refractivity contribution in [1.29, 1.82) is 0 Å². The van der Waals surface area contributed by atoms with Crippen molar-refractivity contribution < 1.29 is 4.79 Å². The van der Waals surface area contributed by atoms with Crippen molar-refractivity contribution in [3.05, 3.63) is 47.0 Å². The Bertz CT molecular complexity index is 474. The van der Waals surface area contributed by atoms with Crippen LogP contribution >= 0.6 is 0 Å². The Balaban J connectivity index is 1.60. The number of carbonyl (C=O) groups excluding carboxylic acids is 1. The van der Waals surface area contributed by atoms with Crippen LogP contribution in [-0.4, -0.2) is 48.9 Å². The van der Waals surface area contributed by atoms with Gasteiger partial charge >= 0.3 is 0 Å². The van der Waals surface area contributed by atoms with E-state index < -0.39 is 0 Å². The number of benzene rings is 1. The van der Waals surface area contributed by atoms with Crippen molar-refractivity contribution in [1.82, 2.24) is 9.80 Å². The van der Waals surface area contributed by atoms with Crippen molar-refractivity contribution in [2.45, 2.75) is 6.42 Å². The Hall–Kier alpha value is -1.61. The molecule has 0 spiro atoms. The van der Waals surface area contributed by atoms with Gasteiger partial charge in [-0.1, -0.05) is 30.3 Å². The number of hydrogen-bond donors (Lipinski definition) is 0. The van der Waals surface area contributed by atoms with Gasteiger partial charge in [0.15, 0.2) is 0 Å². The highest BCUT2D eigenvalue weighted by Gasteiger charge is 2.30. The van der Waals surface area contributed by atoms with Gasteiger partial charge in [0.05, 0.1) is 6.42 Å². The van der Waals surface area contributed by atoms with Crippen LogP contribution in [0.1, 0.15) is 5.56 Å². The predicted octanol–water partition coefficient (Wildman–Crippen LogP) is 1.31. The Kier molecular flexibility index (Phi) is 2.92. The van der Waals surface area contributed by atoms with E-state index in [9.17, 15) is 4.79 Å². The summed E-state index contributed by atoms with van der Waals surface area (Å²) in [5.41, 5.74) is 4.02. The van der Waals surface area contributed by atoms with Gasteiger partial charge in [0.25, 0.3) is 0 Å². The monoisotopic (exact) mass is 242 g/mol. The predicted molar refractivity (Wildman–Crippen MR) is 71.2 cm³/mol. The van der Waals surface area contributed by atoms with Crippen LogP contribution in [0.15, 0.2) is 41.5 Å². The fraction of sp³-hybridized carbons (Fsp3) is 0.400. The van der Waals surface area contributed by atoms with E-state index in [1.165, 1.54) is 11.1 Å². The van der Waals surface area contributed by atoms with Gasteiger partial charge < -0.3 is 4.90 Å². The van der Waals surface area contributed by atoms with E-state index in [1.807, 2.05) is 35.2 Å². The fourth-order valence-electron chi connectivity index (χ4n) is 2.83. The van der Waals surface area contributed by atoms with Crippen LogP contribution in [0.4, 0.5) is 0 Å².